The normalized spacial score (nSPS) is 12.6. The fourth-order valence-corrected chi connectivity index (χ4v) is 3.77. The molecular weight excluding hydrogens is 388 g/mol. The van der Waals surface area contributed by atoms with Crippen LogP contribution in [0.1, 0.15) is 29.5 Å². The molecule has 0 fully saturated rings. The summed E-state index contributed by atoms with van der Waals surface area (Å²) in [4.78, 5) is 12.8. The maximum absolute atomic E-state index is 12.9. The van der Waals surface area contributed by atoms with Crippen LogP contribution in [0.5, 0.6) is 5.75 Å². The van der Waals surface area contributed by atoms with Crippen molar-refractivity contribution >= 4 is 32.4 Å². The number of benzene rings is 3. The lowest BCUT2D eigenvalue weighted by Crippen LogP contribution is -2.20. The van der Waals surface area contributed by atoms with Crippen LogP contribution in [0.15, 0.2) is 53.4 Å². The van der Waals surface area contributed by atoms with Crippen molar-refractivity contribution in [1.29, 1.82) is 0 Å². The predicted molar refractivity (Wildman–Crippen MR) is 115 cm³/mol. The number of rotatable bonds is 5. The molecule has 0 aliphatic carbocycles. The molecule has 0 spiro atoms. The minimum absolute atomic E-state index is 0.0248. The van der Waals surface area contributed by atoms with Crippen LogP contribution in [0.4, 0.5) is 5.69 Å². The predicted octanol–water partition coefficient (Wildman–Crippen LogP) is 3.85. The number of hydrogen-bond donors (Lipinski definition) is 2. The van der Waals surface area contributed by atoms with Gasteiger partial charge in [0.05, 0.1) is 17.9 Å². The van der Waals surface area contributed by atoms with E-state index < -0.39 is 15.9 Å². The van der Waals surface area contributed by atoms with Crippen molar-refractivity contribution in [1.82, 2.24) is 0 Å². The van der Waals surface area contributed by atoms with Gasteiger partial charge in [0.2, 0.25) is 15.9 Å². The van der Waals surface area contributed by atoms with Crippen LogP contribution in [0.3, 0.4) is 0 Å². The van der Waals surface area contributed by atoms with E-state index in [1.165, 1.54) is 12.1 Å². The van der Waals surface area contributed by atoms with Gasteiger partial charge in [-0.3, -0.25) is 4.79 Å². The fourth-order valence-electron chi connectivity index (χ4n) is 3.15. The highest BCUT2D eigenvalue weighted by Crippen LogP contribution is 2.28. The average Bonchev–Trinajstić information content (AvgIpc) is 2.68. The van der Waals surface area contributed by atoms with Crippen molar-refractivity contribution in [2.24, 2.45) is 5.14 Å². The smallest absolute Gasteiger partial charge is 0.238 e. The third-order valence-corrected chi connectivity index (χ3v) is 6.08. The number of carbonyl (C=O) groups is 1. The first kappa shape index (κ1) is 20.8. The standard InChI is InChI=1S/C22H24N2O4S/c1-13-9-20(29(23,26)27)12-21(14(13)2)24-22(25)15(3)16-5-6-18-11-19(28-4)8-7-17(18)10-16/h5-12,15H,1-4H3,(H,24,25)(H2,23,26,27). The van der Waals surface area contributed by atoms with Crippen LogP contribution in [0.25, 0.3) is 10.8 Å². The second-order valence-electron chi connectivity index (χ2n) is 7.14. The van der Waals surface area contributed by atoms with Crippen molar-refractivity contribution in [3.8, 4) is 5.75 Å². The zero-order valence-electron chi connectivity index (χ0n) is 16.8. The maximum Gasteiger partial charge on any atom is 0.238 e. The fraction of sp³-hybridized carbons (Fsp3) is 0.227. The highest BCUT2D eigenvalue weighted by atomic mass is 32.2. The van der Waals surface area contributed by atoms with E-state index >= 15 is 0 Å². The Kier molecular flexibility index (Phi) is 5.64. The molecule has 0 radical (unpaired) electrons. The molecule has 1 unspecified atom stereocenters. The summed E-state index contributed by atoms with van der Waals surface area (Å²) in [5.74, 6) is 0.114. The summed E-state index contributed by atoms with van der Waals surface area (Å²) < 4.78 is 28.7. The first-order valence-corrected chi connectivity index (χ1v) is 10.7. The molecule has 0 bridgehead atoms. The Bertz CT molecular complexity index is 1200. The summed E-state index contributed by atoms with van der Waals surface area (Å²) in [5, 5.41) is 10.1. The molecule has 6 nitrogen and oxygen atoms in total. The van der Waals surface area contributed by atoms with Gasteiger partial charge in [-0.15, -0.1) is 0 Å². The van der Waals surface area contributed by atoms with Crippen molar-refractivity contribution in [2.45, 2.75) is 31.6 Å². The number of carbonyl (C=O) groups excluding carboxylic acids is 1. The van der Waals surface area contributed by atoms with Gasteiger partial charge >= 0.3 is 0 Å². The summed E-state index contributed by atoms with van der Waals surface area (Å²) in [6.07, 6.45) is 0. The van der Waals surface area contributed by atoms with Gasteiger partial charge in [-0.2, -0.15) is 0 Å². The average molecular weight is 413 g/mol. The second-order valence-corrected chi connectivity index (χ2v) is 8.70. The van der Waals surface area contributed by atoms with Crippen molar-refractivity contribution < 1.29 is 17.9 Å². The van der Waals surface area contributed by atoms with Crippen LogP contribution in [-0.2, 0) is 14.8 Å². The molecule has 1 amide bonds. The van der Waals surface area contributed by atoms with E-state index in [9.17, 15) is 13.2 Å². The largest absolute Gasteiger partial charge is 0.497 e. The van der Waals surface area contributed by atoms with Crippen molar-refractivity contribution in [3.05, 3.63) is 65.2 Å². The third kappa shape index (κ3) is 4.41. The molecule has 0 aromatic heterocycles. The quantitative estimate of drug-likeness (QED) is 0.665. The minimum atomic E-state index is -3.86. The Morgan fingerprint density at radius 2 is 1.69 bits per heavy atom. The molecule has 3 aromatic rings. The van der Waals surface area contributed by atoms with Gasteiger partial charge in [0.25, 0.3) is 0 Å². The number of anilines is 1. The van der Waals surface area contributed by atoms with Gasteiger partial charge in [-0.05, 0) is 72.5 Å². The molecule has 0 saturated carbocycles. The molecule has 29 heavy (non-hydrogen) atoms. The minimum Gasteiger partial charge on any atom is -0.497 e. The van der Waals surface area contributed by atoms with E-state index in [0.717, 1.165) is 33.2 Å². The number of amides is 1. The number of sulfonamides is 1. The lowest BCUT2D eigenvalue weighted by Gasteiger charge is -2.17. The van der Waals surface area contributed by atoms with Gasteiger partial charge in [-0.25, -0.2) is 13.6 Å². The Morgan fingerprint density at radius 1 is 1.03 bits per heavy atom. The monoisotopic (exact) mass is 412 g/mol. The van der Waals surface area contributed by atoms with Gasteiger partial charge in [0.15, 0.2) is 0 Å². The van der Waals surface area contributed by atoms with E-state index in [0.29, 0.717) is 5.69 Å². The van der Waals surface area contributed by atoms with Crippen LogP contribution < -0.4 is 15.2 Å². The number of nitrogens with one attached hydrogen (secondary N) is 1. The van der Waals surface area contributed by atoms with Gasteiger partial charge in [0, 0.05) is 5.69 Å². The highest BCUT2D eigenvalue weighted by molar-refractivity contribution is 7.89. The lowest BCUT2D eigenvalue weighted by molar-refractivity contribution is -0.117. The first-order valence-electron chi connectivity index (χ1n) is 9.13. The van der Waals surface area contributed by atoms with E-state index in [1.807, 2.05) is 50.2 Å². The maximum atomic E-state index is 12.9. The molecule has 0 saturated heterocycles. The van der Waals surface area contributed by atoms with Crippen molar-refractivity contribution in [3.63, 3.8) is 0 Å². The highest BCUT2D eigenvalue weighted by Gasteiger charge is 2.19. The molecular formula is C22H24N2O4S. The summed E-state index contributed by atoms with van der Waals surface area (Å²) in [5.41, 5.74) is 2.83. The zero-order valence-corrected chi connectivity index (χ0v) is 17.6. The summed E-state index contributed by atoms with van der Waals surface area (Å²) in [6, 6.07) is 14.5. The van der Waals surface area contributed by atoms with E-state index in [4.69, 9.17) is 9.88 Å². The molecule has 1 atom stereocenters. The molecule has 0 aliphatic heterocycles. The van der Waals surface area contributed by atoms with Crippen LogP contribution in [0.2, 0.25) is 0 Å². The summed E-state index contributed by atoms with van der Waals surface area (Å²) in [6.45, 7) is 5.42. The molecule has 0 aliphatic rings. The van der Waals surface area contributed by atoms with Crippen LogP contribution >= 0.6 is 0 Å². The Balaban J connectivity index is 1.89. The van der Waals surface area contributed by atoms with E-state index in [2.05, 4.69) is 5.32 Å². The van der Waals surface area contributed by atoms with Gasteiger partial charge < -0.3 is 10.1 Å². The summed E-state index contributed by atoms with van der Waals surface area (Å²) >= 11 is 0. The number of aryl methyl sites for hydroxylation is 1. The van der Waals surface area contributed by atoms with Gasteiger partial charge in [-0.1, -0.05) is 24.3 Å². The second kappa shape index (κ2) is 7.85. The molecule has 0 heterocycles. The van der Waals surface area contributed by atoms with Gasteiger partial charge in [0.1, 0.15) is 5.75 Å². The first-order chi connectivity index (χ1) is 13.6. The lowest BCUT2D eigenvalue weighted by atomic mass is 9.96. The Hall–Kier alpha value is -2.90. The van der Waals surface area contributed by atoms with Crippen LogP contribution in [0, 0.1) is 13.8 Å². The summed E-state index contributed by atoms with van der Waals surface area (Å²) in [7, 11) is -2.24. The number of fused-ring (bicyclic) bond motifs is 1. The number of methoxy groups -OCH3 is 1. The van der Waals surface area contributed by atoms with E-state index in [1.54, 1.807) is 14.0 Å². The van der Waals surface area contributed by atoms with Crippen molar-refractivity contribution in [2.75, 3.05) is 12.4 Å². The number of ether oxygens (including phenoxy) is 1. The molecule has 3 N–H and O–H groups in total. The molecule has 3 rings (SSSR count). The Labute approximate surface area is 170 Å². The van der Waals surface area contributed by atoms with E-state index in [-0.39, 0.29) is 10.8 Å². The number of hydrogen-bond acceptors (Lipinski definition) is 4. The Morgan fingerprint density at radius 3 is 2.34 bits per heavy atom. The SMILES string of the molecule is COc1ccc2cc(C(C)C(=O)Nc3cc(S(N)(=O)=O)cc(C)c3C)ccc2c1. The molecule has 152 valence electrons. The van der Waals surface area contributed by atoms with Crippen LogP contribution in [-0.4, -0.2) is 21.4 Å². The zero-order chi connectivity index (χ0) is 21.3. The number of nitrogens with two attached hydrogens (primary N) is 1. The molecule has 7 heteroatoms. The molecule has 3 aromatic carbocycles. The number of primary sulfonamides is 1. The third-order valence-electron chi connectivity index (χ3n) is 5.19. The topological polar surface area (TPSA) is 98.5 Å².